The first-order valence-electron chi connectivity index (χ1n) is 6.14. The Balaban J connectivity index is 1.96. The van der Waals surface area contributed by atoms with Gasteiger partial charge in [-0.25, -0.2) is 4.98 Å². The van der Waals surface area contributed by atoms with Crippen LogP contribution in [0.15, 0.2) is 30.5 Å². The minimum Gasteiger partial charge on any atom is -0.381 e. The van der Waals surface area contributed by atoms with E-state index in [1.807, 2.05) is 24.3 Å². The molecule has 2 heterocycles. The smallest absolute Gasteiger partial charge is 0.0890 e. The molecule has 0 bridgehead atoms. The number of nitrogens with zero attached hydrogens (tertiary/aromatic N) is 2. The molecule has 0 aliphatic carbocycles. The van der Waals surface area contributed by atoms with Crippen molar-refractivity contribution in [2.45, 2.75) is 12.5 Å². The number of benzene rings is 1. The van der Waals surface area contributed by atoms with E-state index < -0.39 is 0 Å². The predicted molar refractivity (Wildman–Crippen MR) is 68.5 cm³/mol. The summed E-state index contributed by atoms with van der Waals surface area (Å²) >= 11 is 0. The Bertz CT molecular complexity index is 539. The lowest BCUT2D eigenvalue weighted by atomic mass is 9.97. The van der Waals surface area contributed by atoms with E-state index in [4.69, 9.17) is 10.6 Å². The maximum Gasteiger partial charge on any atom is 0.0890 e. The lowest BCUT2D eigenvalue weighted by Crippen LogP contribution is -2.34. The molecule has 2 atom stereocenters. The molecule has 1 saturated heterocycles. The third kappa shape index (κ3) is 2.08. The summed E-state index contributed by atoms with van der Waals surface area (Å²) in [6.45, 7) is 1.52. The SMILES string of the molecule is NNC(c1cnc2ccccc2n1)C1CCOC1. The van der Waals surface area contributed by atoms with Crippen LogP contribution in [0.2, 0.25) is 0 Å². The summed E-state index contributed by atoms with van der Waals surface area (Å²) in [4.78, 5) is 9.05. The number of hydrazine groups is 1. The Hall–Kier alpha value is -1.56. The Labute approximate surface area is 105 Å². The van der Waals surface area contributed by atoms with Gasteiger partial charge in [0.25, 0.3) is 0 Å². The fraction of sp³-hybridized carbons (Fsp3) is 0.385. The third-order valence-corrected chi connectivity index (χ3v) is 3.40. The van der Waals surface area contributed by atoms with Gasteiger partial charge in [0.2, 0.25) is 0 Å². The molecule has 0 radical (unpaired) electrons. The highest BCUT2D eigenvalue weighted by Gasteiger charge is 2.27. The van der Waals surface area contributed by atoms with Gasteiger partial charge in [-0.3, -0.25) is 16.3 Å². The molecule has 5 nitrogen and oxygen atoms in total. The lowest BCUT2D eigenvalue weighted by molar-refractivity contribution is 0.176. The van der Waals surface area contributed by atoms with Gasteiger partial charge in [0.1, 0.15) is 0 Å². The third-order valence-electron chi connectivity index (χ3n) is 3.40. The highest BCUT2D eigenvalue weighted by atomic mass is 16.5. The second-order valence-corrected chi connectivity index (χ2v) is 4.55. The van der Waals surface area contributed by atoms with E-state index in [2.05, 4.69) is 15.4 Å². The molecule has 1 aromatic heterocycles. The van der Waals surface area contributed by atoms with Crippen LogP contribution in [0.3, 0.4) is 0 Å². The van der Waals surface area contributed by atoms with Crippen molar-refractivity contribution in [1.29, 1.82) is 0 Å². The predicted octanol–water partition coefficient (Wildman–Crippen LogP) is 1.17. The normalized spacial score (nSPS) is 21.3. The molecule has 2 aromatic rings. The second kappa shape index (κ2) is 4.97. The summed E-state index contributed by atoms with van der Waals surface area (Å²) in [5.41, 5.74) is 5.52. The zero-order valence-electron chi connectivity index (χ0n) is 10.0. The topological polar surface area (TPSA) is 73.1 Å². The molecule has 0 amide bonds. The molecule has 5 heteroatoms. The van der Waals surface area contributed by atoms with E-state index in [-0.39, 0.29) is 6.04 Å². The minimum atomic E-state index is 0.00426. The van der Waals surface area contributed by atoms with Gasteiger partial charge in [0.05, 0.1) is 35.6 Å². The fourth-order valence-electron chi connectivity index (χ4n) is 2.40. The fourth-order valence-corrected chi connectivity index (χ4v) is 2.40. The summed E-state index contributed by atoms with van der Waals surface area (Å²) in [6, 6.07) is 7.84. The number of nitrogens with one attached hydrogen (secondary N) is 1. The summed E-state index contributed by atoms with van der Waals surface area (Å²) in [6.07, 6.45) is 2.80. The van der Waals surface area contributed by atoms with Crippen molar-refractivity contribution in [3.63, 3.8) is 0 Å². The molecule has 94 valence electrons. The molecule has 1 fully saturated rings. The maximum atomic E-state index is 5.66. The quantitative estimate of drug-likeness (QED) is 0.626. The molecule has 1 aromatic carbocycles. The highest BCUT2D eigenvalue weighted by molar-refractivity contribution is 5.73. The first-order valence-corrected chi connectivity index (χ1v) is 6.14. The van der Waals surface area contributed by atoms with Crippen molar-refractivity contribution >= 4 is 11.0 Å². The van der Waals surface area contributed by atoms with E-state index >= 15 is 0 Å². The van der Waals surface area contributed by atoms with Gasteiger partial charge in [-0.05, 0) is 18.6 Å². The van der Waals surface area contributed by atoms with E-state index in [1.54, 1.807) is 6.20 Å². The van der Waals surface area contributed by atoms with Gasteiger partial charge in [-0.1, -0.05) is 12.1 Å². The number of rotatable bonds is 3. The van der Waals surface area contributed by atoms with Crippen LogP contribution in [0.4, 0.5) is 0 Å². The van der Waals surface area contributed by atoms with Crippen LogP contribution in [-0.2, 0) is 4.74 Å². The van der Waals surface area contributed by atoms with Crippen LogP contribution in [0.1, 0.15) is 18.2 Å². The molecule has 1 aliphatic rings. The molecule has 3 N–H and O–H groups in total. The monoisotopic (exact) mass is 244 g/mol. The van der Waals surface area contributed by atoms with E-state index in [0.29, 0.717) is 5.92 Å². The van der Waals surface area contributed by atoms with Crippen molar-refractivity contribution in [3.8, 4) is 0 Å². The van der Waals surface area contributed by atoms with E-state index in [0.717, 1.165) is 36.4 Å². The molecule has 0 saturated carbocycles. The second-order valence-electron chi connectivity index (χ2n) is 4.55. The van der Waals surface area contributed by atoms with Crippen LogP contribution in [0, 0.1) is 5.92 Å². The summed E-state index contributed by atoms with van der Waals surface area (Å²) < 4.78 is 5.41. The Morgan fingerprint density at radius 3 is 2.89 bits per heavy atom. The van der Waals surface area contributed by atoms with Crippen LogP contribution in [0.5, 0.6) is 0 Å². The molecular formula is C13H16N4O. The zero-order valence-corrected chi connectivity index (χ0v) is 10.0. The molecule has 2 unspecified atom stereocenters. The summed E-state index contributed by atoms with van der Waals surface area (Å²) in [5.74, 6) is 6.02. The lowest BCUT2D eigenvalue weighted by Gasteiger charge is -2.20. The number of nitrogens with two attached hydrogens (primary N) is 1. The molecule has 3 rings (SSSR count). The average molecular weight is 244 g/mol. The largest absolute Gasteiger partial charge is 0.381 e. The van der Waals surface area contributed by atoms with Crippen molar-refractivity contribution < 1.29 is 4.74 Å². The molecule has 18 heavy (non-hydrogen) atoms. The van der Waals surface area contributed by atoms with Gasteiger partial charge in [-0.15, -0.1) is 0 Å². The summed E-state index contributed by atoms with van der Waals surface area (Å²) in [7, 11) is 0. The molecule has 0 spiro atoms. The highest BCUT2D eigenvalue weighted by Crippen LogP contribution is 2.27. The van der Waals surface area contributed by atoms with Gasteiger partial charge in [0, 0.05) is 12.5 Å². The van der Waals surface area contributed by atoms with E-state index in [9.17, 15) is 0 Å². The Morgan fingerprint density at radius 2 is 2.17 bits per heavy atom. The zero-order chi connectivity index (χ0) is 12.4. The van der Waals surface area contributed by atoms with Crippen LogP contribution < -0.4 is 11.3 Å². The van der Waals surface area contributed by atoms with Gasteiger partial charge in [0.15, 0.2) is 0 Å². The first kappa shape index (κ1) is 11.5. The molecule has 1 aliphatic heterocycles. The number of ether oxygens (including phenoxy) is 1. The number of hydrogen-bond donors (Lipinski definition) is 2. The minimum absolute atomic E-state index is 0.00426. The van der Waals surface area contributed by atoms with E-state index in [1.165, 1.54) is 0 Å². The number of para-hydroxylation sites is 2. The summed E-state index contributed by atoms with van der Waals surface area (Å²) in [5, 5.41) is 0. The molecular weight excluding hydrogens is 228 g/mol. The van der Waals surface area contributed by atoms with Gasteiger partial charge >= 0.3 is 0 Å². The van der Waals surface area contributed by atoms with Gasteiger partial charge in [-0.2, -0.15) is 0 Å². The van der Waals surface area contributed by atoms with Crippen LogP contribution in [0.25, 0.3) is 11.0 Å². The first-order chi connectivity index (χ1) is 8.88. The van der Waals surface area contributed by atoms with Crippen molar-refractivity contribution in [1.82, 2.24) is 15.4 Å². The van der Waals surface area contributed by atoms with Crippen molar-refractivity contribution in [2.75, 3.05) is 13.2 Å². The Kier molecular flexibility index (Phi) is 3.19. The van der Waals surface area contributed by atoms with Crippen molar-refractivity contribution in [3.05, 3.63) is 36.2 Å². The number of hydrogen-bond acceptors (Lipinski definition) is 5. The van der Waals surface area contributed by atoms with Crippen molar-refractivity contribution in [2.24, 2.45) is 11.8 Å². The Morgan fingerprint density at radius 1 is 1.33 bits per heavy atom. The number of fused-ring (bicyclic) bond motifs is 1. The average Bonchev–Trinajstić information content (AvgIpc) is 2.93. The van der Waals surface area contributed by atoms with Gasteiger partial charge < -0.3 is 4.74 Å². The van der Waals surface area contributed by atoms with Crippen LogP contribution in [-0.4, -0.2) is 23.2 Å². The number of aromatic nitrogens is 2. The van der Waals surface area contributed by atoms with Crippen LogP contribution >= 0.6 is 0 Å². The maximum absolute atomic E-state index is 5.66. The standard InChI is InChI=1S/C13H16N4O/c14-17-13(9-5-6-18-8-9)12-7-15-10-3-1-2-4-11(10)16-12/h1-4,7,9,13,17H,5-6,8,14H2.